The molecule has 17 heavy (non-hydrogen) atoms. The van der Waals surface area contributed by atoms with Gasteiger partial charge in [0.2, 0.25) is 0 Å². The molecule has 0 spiro atoms. The zero-order chi connectivity index (χ0) is 13.1. The van der Waals surface area contributed by atoms with Crippen LogP contribution in [0.2, 0.25) is 0 Å². The monoisotopic (exact) mass is 273 g/mol. The molecule has 1 saturated heterocycles. The molecule has 1 unspecified atom stereocenters. The second kappa shape index (κ2) is 5.67. The van der Waals surface area contributed by atoms with E-state index in [4.69, 9.17) is 10.9 Å². The van der Waals surface area contributed by atoms with Gasteiger partial charge in [0.05, 0.1) is 0 Å². The third kappa shape index (κ3) is 4.15. The van der Waals surface area contributed by atoms with Gasteiger partial charge in [0.15, 0.2) is 5.84 Å². The zero-order valence-electron chi connectivity index (χ0n) is 8.98. The van der Waals surface area contributed by atoms with E-state index in [0.29, 0.717) is 24.6 Å². The van der Waals surface area contributed by atoms with Crippen LogP contribution in [-0.4, -0.2) is 57.5 Å². The Balaban J connectivity index is 2.64. The molecule has 1 rings (SSSR count). The van der Waals surface area contributed by atoms with Crippen LogP contribution in [0.5, 0.6) is 0 Å². The Morgan fingerprint density at radius 3 is 2.41 bits per heavy atom. The molecule has 100 valence electrons. The van der Waals surface area contributed by atoms with E-state index in [9.17, 15) is 17.4 Å². The van der Waals surface area contributed by atoms with Gasteiger partial charge in [0, 0.05) is 41.9 Å². The summed E-state index contributed by atoms with van der Waals surface area (Å²) < 4.78 is 48.9. The molecule has 0 aromatic carbocycles. The lowest BCUT2D eigenvalue weighted by Crippen LogP contribution is -2.48. The molecular formula is C8H14F3N3O2S. The number of amidine groups is 1. The van der Waals surface area contributed by atoms with Crippen molar-refractivity contribution in [2.24, 2.45) is 16.8 Å². The largest absolute Gasteiger partial charge is 0.409 e. The quantitative estimate of drug-likeness (QED) is 0.328. The number of rotatable bonds is 3. The molecule has 9 heteroatoms. The Morgan fingerprint density at radius 1 is 1.47 bits per heavy atom. The van der Waals surface area contributed by atoms with Crippen molar-refractivity contribution in [3.05, 3.63) is 0 Å². The number of hydrogen-bond acceptors (Lipinski definition) is 4. The summed E-state index contributed by atoms with van der Waals surface area (Å²) in [7, 11) is -0.943. The lowest BCUT2D eigenvalue weighted by Gasteiger charge is -2.30. The van der Waals surface area contributed by atoms with Crippen LogP contribution in [0.15, 0.2) is 5.16 Å². The minimum Gasteiger partial charge on any atom is -0.409 e. The van der Waals surface area contributed by atoms with Gasteiger partial charge < -0.3 is 15.8 Å². The number of alkyl halides is 3. The second-order valence-corrected chi connectivity index (χ2v) is 5.46. The molecule has 1 aliphatic rings. The van der Waals surface area contributed by atoms with Crippen LogP contribution in [-0.2, 0) is 10.8 Å². The number of hydrogen-bond donors (Lipinski definition) is 2. The van der Waals surface area contributed by atoms with Gasteiger partial charge in [-0.1, -0.05) is 5.16 Å². The third-order valence-electron chi connectivity index (χ3n) is 2.58. The van der Waals surface area contributed by atoms with Crippen LogP contribution in [0.25, 0.3) is 0 Å². The predicted molar refractivity (Wildman–Crippen MR) is 57.3 cm³/mol. The molecule has 0 amide bonds. The highest BCUT2D eigenvalue weighted by atomic mass is 32.2. The number of nitrogens with zero attached hydrogens (tertiary/aromatic N) is 2. The van der Waals surface area contributed by atoms with Crippen molar-refractivity contribution in [2.45, 2.75) is 6.18 Å². The molecule has 0 aromatic rings. The fourth-order valence-electron chi connectivity index (χ4n) is 1.55. The molecule has 0 saturated carbocycles. The van der Waals surface area contributed by atoms with Crippen molar-refractivity contribution in [2.75, 3.05) is 31.1 Å². The summed E-state index contributed by atoms with van der Waals surface area (Å²) in [6, 6.07) is 0. The van der Waals surface area contributed by atoms with E-state index >= 15 is 0 Å². The van der Waals surface area contributed by atoms with Crippen LogP contribution in [0.4, 0.5) is 13.2 Å². The predicted octanol–water partition coefficient (Wildman–Crippen LogP) is -0.0244. The van der Waals surface area contributed by atoms with Gasteiger partial charge in [-0.05, 0) is 0 Å². The summed E-state index contributed by atoms with van der Waals surface area (Å²) in [6.45, 7) is 0.298. The maximum absolute atomic E-state index is 12.6. The lowest BCUT2D eigenvalue weighted by atomic mass is 10.1. The van der Waals surface area contributed by atoms with Gasteiger partial charge in [-0.3, -0.25) is 4.21 Å². The Hall–Kier alpha value is -0.830. The molecular weight excluding hydrogens is 259 g/mol. The minimum atomic E-state index is -4.55. The average Bonchev–Trinajstić information content (AvgIpc) is 2.25. The van der Waals surface area contributed by atoms with Crippen molar-refractivity contribution in [3.8, 4) is 0 Å². The summed E-state index contributed by atoms with van der Waals surface area (Å²) in [4.78, 5) is 1.53. The fraction of sp³-hybridized carbons (Fsp3) is 0.875. The first-order valence-electron chi connectivity index (χ1n) is 4.96. The van der Waals surface area contributed by atoms with Crippen molar-refractivity contribution in [1.29, 1.82) is 0 Å². The second-order valence-electron chi connectivity index (χ2n) is 3.77. The maximum atomic E-state index is 12.6. The molecule has 0 radical (unpaired) electrons. The molecule has 1 aliphatic heterocycles. The first-order valence-corrected chi connectivity index (χ1v) is 6.45. The number of oxime groups is 1. The smallest absolute Gasteiger partial charge is 0.400 e. The first kappa shape index (κ1) is 14.2. The molecule has 0 aliphatic carbocycles. The maximum Gasteiger partial charge on any atom is 0.400 e. The minimum absolute atomic E-state index is 0.331. The van der Waals surface area contributed by atoms with Gasteiger partial charge in [-0.2, -0.15) is 13.2 Å². The van der Waals surface area contributed by atoms with Crippen LogP contribution in [0.1, 0.15) is 0 Å². The van der Waals surface area contributed by atoms with Gasteiger partial charge in [0.25, 0.3) is 0 Å². The van der Waals surface area contributed by atoms with Crippen molar-refractivity contribution >= 4 is 16.6 Å². The van der Waals surface area contributed by atoms with Crippen LogP contribution in [0.3, 0.4) is 0 Å². The molecule has 0 bridgehead atoms. The molecule has 0 aromatic heterocycles. The third-order valence-corrected chi connectivity index (χ3v) is 3.85. The summed E-state index contributed by atoms with van der Waals surface area (Å²) in [5, 5.41) is 10.8. The van der Waals surface area contributed by atoms with E-state index in [1.54, 1.807) is 0 Å². The normalized spacial score (nSPS) is 22.6. The molecule has 1 atom stereocenters. The topological polar surface area (TPSA) is 78.9 Å². The number of nitrogens with two attached hydrogens (primary N) is 1. The molecule has 1 fully saturated rings. The van der Waals surface area contributed by atoms with Gasteiger partial charge in [-0.15, -0.1) is 0 Å². The summed E-state index contributed by atoms with van der Waals surface area (Å²) in [5.41, 5.74) is 5.04. The van der Waals surface area contributed by atoms with E-state index < -0.39 is 28.7 Å². The van der Waals surface area contributed by atoms with E-state index in [2.05, 4.69) is 5.16 Å². The molecule has 3 N–H and O–H groups in total. The van der Waals surface area contributed by atoms with Crippen molar-refractivity contribution < 1.29 is 22.6 Å². The molecule has 1 heterocycles. The van der Waals surface area contributed by atoms with E-state index in [-0.39, 0.29) is 6.54 Å². The SMILES string of the molecule is NC(=NO)C(CN1CCS(=O)CC1)C(F)(F)F. The highest BCUT2D eigenvalue weighted by Crippen LogP contribution is 2.27. The van der Waals surface area contributed by atoms with E-state index in [1.807, 2.05) is 0 Å². The van der Waals surface area contributed by atoms with Gasteiger partial charge in [-0.25, -0.2) is 0 Å². The Morgan fingerprint density at radius 2 is 2.00 bits per heavy atom. The Kier molecular flexibility index (Phi) is 4.75. The van der Waals surface area contributed by atoms with E-state index in [1.165, 1.54) is 4.90 Å². The zero-order valence-corrected chi connectivity index (χ0v) is 9.80. The standard InChI is InChI=1S/C8H14F3N3O2S/c9-8(10,11)6(7(12)13-15)5-14-1-3-17(16)4-2-14/h6,15H,1-5H2,(H2,12,13). The highest BCUT2D eigenvalue weighted by Gasteiger charge is 2.43. The number of halogens is 3. The first-order chi connectivity index (χ1) is 7.84. The summed E-state index contributed by atoms with van der Waals surface area (Å²) >= 11 is 0. The summed E-state index contributed by atoms with van der Waals surface area (Å²) in [5.74, 6) is -2.11. The van der Waals surface area contributed by atoms with Crippen LogP contribution < -0.4 is 5.73 Å². The average molecular weight is 273 g/mol. The molecule has 5 nitrogen and oxygen atoms in total. The lowest BCUT2D eigenvalue weighted by molar-refractivity contribution is -0.160. The van der Waals surface area contributed by atoms with Gasteiger partial charge in [0.1, 0.15) is 5.92 Å². The highest BCUT2D eigenvalue weighted by molar-refractivity contribution is 7.85. The van der Waals surface area contributed by atoms with Gasteiger partial charge >= 0.3 is 6.18 Å². The van der Waals surface area contributed by atoms with Crippen molar-refractivity contribution in [3.63, 3.8) is 0 Å². The Bertz CT molecular complexity index is 312. The summed E-state index contributed by atoms with van der Waals surface area (Å²) in [6.07, 6.45) is -4.55. The fourth-order valence-corrected chi connectivity index (χ4v) is 2.68. The Labute approximate surface area is 98.9 Å². The van der Waals surface area contributed by atoms with Crippen LogP contribution in [0, 0.1) is 5.92 Å². The van der Waals surface area contributed by atoms with Crippen LogP contribution >= 0.6 is 0 Å². The van der Waals surface area contributed by atoms with E-state index in [0.717, 1.165) is 0 Å². The van der Waals surface area contributed by atoms with Crippen molar-refractivity contribution in [1.82, 2.24) is 4.90 Å².